The van der Waals surface area contributed by atoms with Gasteiger partial charge in [0.05, 0.1) is 0 Å². The minimum Gasteiger partial charge on any atom is -0.530 e. The minimum atomic E-state index is -5.24. The Morgan fingerprint density at radius 3 is 2.03 bits per heavy atom. The molecule has 3 unspecified atom stereocenters. The van der Waals surface area contributed by atoms with E-state index in [0.717, 1.165) is 44.7 Å². The first-order valence-electron chi connectivity index (χ1n) is 10.6. The Hall–Kier alpha value is -1.35. The molecule has 0 saturated carbocycles. The molecule has 1 amide bonds. The quantitative estimate of drug-likeness (QED) is 0.707. The molecule has 0 radical (unpaired) electrons. The zero-order chi connectivity index (χ0) is 23.1. The summed E-state index contributed by atoms with van der Waals surface area (Å²) in [7, 11) is 0. The molecule has 0 bridgehead atoms. The van der Waals surface area contributed by atoms with Crippen molar-refractivity contribution < 1.29 is 33.0 Å². The first kappa shape index (κ1) is 24.9. The predicted octanol–water partition coefficient (Wildman–Crippen LogP) is 2.34. The first-order valence-corrected chi connectivity index (χ1v) is 10.6. The fraction of sp³-hybridized carbons (Fsp3) is 0.905. The number of carboxylic acid groups (broad SMARTS) is 1. The van der Waals surface area contributed by atoms with Crippen LogP contribution in [-0.4, -0.2) is 58.8 Å². The number of Topliss-reactive ketones (excluding diaryl/α,β-unsaturated/α-hetero) is 1. The average Bonchev–Trinajstić information content (AvgIpc) is 2.64. The zero-order valence-corrected chi connectivity index (χ0v) is 18.4. The van der Waals surface area contributed by atoms with Gasteiger partial charge in [-0.1, -0.05) is 34.6 Å². The van der Waals surface area contributed by atoms with Crippen LogP contribution in [-0.2, 0) is 4.79 Å². The van der Waals surface area contributed by atoms with Gasteiger partial charge in [0.25, 0.3) is 0 Å². The van der Waals surface area contributed by atoms with E-state index < -0.39 is 40.5 Å². The second kappa shape index (κ2) is 8.30. The van der Waals surface area contributed by atoms with Crippen molar-refractivity contribution in [3.05, 3.63) is 0 Å². The molecule has 2 aliphatic heterocycles. The van der Waals surface area contributed by atoms with Gasteiger partial charge < -0.3 is 25.2 Å². The van der Waals surface area contributed by atoms with Crippen molar-refractivity contribution in [1.29, 1.82) is 0 Å². The third-order valence-electron chi connectivity index (χ3n) is 7.24. The maximum atomic E-state index is 14.0. The lowest BCUT2D eigenvalue weighted by atomic mass is 9.57. The SMILES string of the molecule is CC(C)C(O)(C(=O)C1(C(C)(C)C)CC(C2CCNCC2)CCN1C(=O)[O-])C(F)(F)F. The van der Waals surface area contributed by atoms with E-state index in [4.69, 9.17) is 0 Å². The van der Waals surface area contributed by atoms with Crippen LogP contribution in [0.25, 0.3) is 0 Å². The van der Waals surface area contributed by atoms with E-state index in [1.807, 2.05) is 0 Å². The number of amides is 1. The van der Waals surface area contributed by atoms with Crippen molar-refractivity contribution in [2.24, 2.45) is 23.2 Å². The van der Waals surface area contributed by atoms with Gasteiger partial charge in [-0.3, -0.25) is 4.79 Å². The highest BCUT2D eigenvalue weighted by Crippen LogP contribution is 2.52. The van der Waals surface area contributed by atoms with E-state index in [0.29, 0.717) is 6.42 Å². The number of nitrogens with one attached hydrogen (secondary N) is 1. The van der Waals surface area contributed by atoms with E-state index in [1.54, 1.807) is 20.8 Å². The van der Waals surface area contributed by atoms with Crippen molar-refractivity contribution in [1.82, 2.24) is 10.2 Å². The van der Waals surface area contributed by atoms with E-state index >= 15 is 0 Å². The van der Waals surface area contributed by atoms with Gasteiger partial charge in [-0.2, -0.15) is 13.2 Å². The molecule has 2 aliphatic rings. The fourth-order valence-corrected chi connectivity index (χ4v) is 5.34. The third kappa shape index (κ3) is 3.95. The summed E-state index contributed by atoms with van der Waals surface area (Å²) in [6.07, 6.45) is -4.89. The van der Waals surface area contributed by atoms with Crippen LogP contribution in [0.1, 0.15) is 60.3 Å². The van der Waals surface area contributed by atoms with E-state index in [1.165, 1.54) is 0 Å². The monoisotopic (exact) mass is 435 g/mol. The number of carbonyl (C=O) groups excluding carboxylic acids is 2. The standard InChI is InChI=1S/C21H35F3N2O4/c1-13(2)20(30,21(22,23)24)16(27)19(18(3,4)5)12-15(8-11-26(19)17(28)29)14-6-9-25-10-7-14/h13-15,25,30H,6-12H2,1-5H3,(H,28,29)/p-1. The number of alkyl halides is 3. The van der Waals surface area contributed by atoms with Gasteiger partial charge in [0, 0.05) is 6.54 Å². The molecule has 0 aromatic carbocycles. The van der Waals surface area contributed by atoms with Crippen LogP contribution in [0.3, 0.4) is 0 Å². The summed E-state index contributed by atoms with van der Waals surface area (Å²) in [6, 6.07) is 0. The number of rotatable bonds is 4. The number of aliphatic hydroxyl groups is 1. The molecule has 30 heavy (non-hydrogen) atoms. The van der Waals surface area contributed by atoms with Crippen molar-refractivity contribution in [2.45, 2.75) is 77.6 Å². The van der Waals surface area contributed by atoms with Gasteiger partial charge >= 0.3 is 6.18 Å². The van der Waals surface area contributed by atoms with Crippen molar-refractivity contribution in [2.75, 3.05) is 19.6 Å². The van der Waals surface area contributed by atoms with Crippen LogP contribution in [0.2, 0.25) is 0 Å². The van der Waals surface area contributed by atoms with Gasteiger partial charge in [-0.15, -0.1) is 0 Å². The van der Waals surface area contributed by atoms with E-state index in [2.05, 4.69) is 5.32 Å². The Morgan fingerprint density at radius 2 is 1.63 bits per heavy atom. The van der Waals surface area contributed by atoms with Crippen LogP contribution in [0.4, 0.5) is 18.0 Å². The van der Waals surface area contributed by atoms with Crippen molar-refractivity contribution in [3.8, 4) is 0 Å². The molecule has 2 saturated heterocycles. The molecular formula is C21H34F3N2O4-. The van der Waals surface area contributed by atoms with Crippen LogP contribution in [0, 0.1) is 23.2 Å². The Morgan fingerprint density at radius 1 is 1.10 bits per heavy atom. The second-order valence-corrected chi connectivity index (χ2v) is 10.1. The summed E-state index contributed by atoms with van der Waals surface area (Å²) in [5, 5.41) is 26.0. The number of hydrogen-bond acceptors (Lipinski definition) is 5. The summed E-state index contributed by atoms with van der Waals surface area (Å²) in [6.45, 7) is 8.39. The second-order valence-electron chi connectivity index (χ2n) is 10.1. The first-order chi connectivity index (χ1) is 13.6. The Kier molecular flexibility index (Phi) is 6.89. The minimum absolute atomic E-state index is 0.0565. The molecule has 9 heteroatoms. The fourth-order valence-electron chi connectivity index (χ4n) is 5.34. The Labute approximate surface area is 176 Å². The number of piperidine rings is 2. The molecule has 2 N–H and O–H groups in total. The Bertz CT molecular complexity index is 656. The summed E-state index contributed by atoms with van der Waals surface area (Å²) in [5.74, 6) is -2.90. The van der Waals surface area contributed by atoms with Gasteiger partial charge in [0.15, 0.2) is 5.78 Å². The molecule has 0 aliphatic carbocycles. The molecule has 0 aromatic heterocycles. The van der Waals surface area contributed by atoms with Crippen LogP contribution in [0.15, 0.2) is 0 Å². The number of hydrogen-bond donors (Lipinski definition) is 2. The summed E-state index contributed by atoms with van der Waals surface area (Å²) >= 11 is 0. The topological polar surface area (TPSA) is 92.7 Å². The number of ketones is 1. The lowest BCUT2D eigenvalue weighted by molar-refractivity contribution is -0.289. The Balaban J connectivity index is 2.65. The number of halogens is 3. The van der Waals surface area contributed by atoms with Gasteiger partial charge in [-0.25, -0.2) is 0 Å². The maximum Gasteiger partial charge on any atom is 0.424 e. The predicted molar refractivity (Wildman–Crippen MR) is 103 cm³/mol. The zero-order valence-electron chi connectivity index (χ0n) is 18.4. The summed E-state index contributed by atoms with van der Waals surface area (Å²) < 4.78 is 42.1. The largest absolute Gasteiger partial charge is 0.530 e. The highest BCUT2D eigenvalue weighted by Gasteiger charge is 2.70. The number of carbonyl (C=O) groups is 2. The lowest BCUT2D eigenvalue weighted by Gasteiger charge is -2.59. The highest BCUT2D eigenvalue weighted by atomic mass is 19.4. The summed E-state index contributed by atoms with van der Waals surface area (Å²) in [5.41, 5.74) is -6.90. The highest BCUT2D eigenvalue weighted by molar-refractivity contribution is 5.99. The molecule has 3 atom stereocenters. The smallest absolute Gasteiger partial charge is 0.424 e. The molecule has 2 rings (SSSR count). The molecule has 174 valence electrons. The molecule has 0 aromatic rings. The van der Waals surface area contributed by atoms with Crippen LogP contribution < -0.4 is 10.4 Å². The molecular weight excluding hydrogens is 401 g/mol. The maximum absolute atomic E-state index is 14.0. The van der Waals surface area contributed by atoms with Gasteiger partial charge in [-0.05, 0) is 61.9 Å². The van der Waals surface area contributed by atoms with Crippen LogP contribution >= 0.6 is 0 Å². The van der Waals surface area contributed by atoms with E-state index in [-0.39, 0.29) is 24.8 Å². The normalized spacial score (nSPS) is 29.0. The van der Waals surface area contributed by atoms with Crippen molar-refractivity contribution in [3.63, 3.8) is 0 Å². The number of likely N-dealkylation sites (tertiary alicyclic amines) is 1. The van der Waals surface area contributed by atoms with Gasteiger partial charge in [0.2, 0.25) is 5.60 Å². The summed E-state index contributed by atoms with van der Waals surface area (Å²) in [4.78, 5) is 26.5. The molecule has 6 nitrogen and oxygen atoms in total. The van der Waals surface area contributed by atoms with Crippen LogP contribution in [0.5, 0.6) is 0 Å². The molecule has 2 heterocycles. The average molecular weight is 436 g/mol. The van der Waals surface area contributed by atoms with E-state index in [9.17, 15) is 33.0 Å². The third-order valence-corrected chi connectivity index (χ3v) is 7.24. The van der Waals surface area contributed by atoms with Gasteiger partial charge in [0.1, 0.15) is 11.6 Å². The number of nitrogens with zero attached hydrogens (tertiary/aromatic N) is 1. The lowest BCUT2D eigenvalue weighted by Crippen LogP contribution is -2.76. The molecule has 0 spiro atoms. The van der Waals surface area contributed by atoms with Crippen molar-refractivity contribution >= 4 is 11.9 Å². The molecule has 2 fully saturated rings.